The van der Waals surface area contributed by atoms with Crippen LogP contribution in [0.4, 0.5) is 17.8 Å². The molecule has 8 nitrogen and oxygen atoms in total. The lowest BCUT2D eigenvalue weighted by Gasteiger charge is -2.28. The van der Waals surface area contributed by atoms with E-state index in [0.29, 0.717) is 24.4 Å². The zero-order valence-electron chi connectivity index (χ0n) is 12.1. The largest absolute Gasteiger partial charge is 0.392 e. The molecule has 0 radical (unpaired) electrons. The lowest BCUT2D eigenvalue weighted by atomic mass is 10.1. The molecule has 1 fully saturated rings. The topological polar surface area (TPSA) is 103 Å². The van der Waals surface area contributed by atoms with Gasteiger partial charge in [0.15, 0.2) is 0 Å². The molecule has 4 N–H and O–H groups in total. The van der Waals surface area contributed by atoms with Crippen LogP contribution < -0.4 is 21.1 Å². The van der Waals surface area contributed by atoms with E-state index in [0.717, 1.165) is 25.9 Å². The first-order valence-electron chi connectivity index (χ1n) is 6.97. The molecular weight excluding hydrogens is 258 g/mol. The Balaban J connectivity index is 2.23. The van der Waals surface area contributed by atoms with E-state index in [-0.39, 0.29) is 0 Å². The summed E-state index contributed by atoms with van der Waals surface area (Å²) in [5.41, 5.74) is 2.48. The van der Waals surface area contributed by atoms with Gasteiger partial charge in [-0.2, -0.15) is 15.0 Å². The van der Waals surface area contributed by atoms with Crippen molar-refractivity contribution in [1.82, 2.24) is 15.0 Å². The third-order valence-electron chi connectivity index (χ3n) is 3.26. The molecule has 0 amide bonds. The highest BCUT2D eigenvalue weighted by Crippen LogP contribution is 2.19. The van der Waals surface area contributed by atoms with Gasteiger partial charge in [0.05, 0.1) is 6.10 Å². The zero-order valence-corrected chi connectivity index (χ0v) is 12.1. The number of piperidine rings is 1. The van der Waals surface area contributed by atoms with Crippen LogP contribution in [0.1, 0.15) is 26.2 Å². The minimum Gasteiger partial charge on any atom is -0.392 e. The second kappa shape index (κ2) is 6.67. The fraction of sp³-hybridized carbons (Fsp3) is 0.750. The van der Waals surface area contributed by atoms with E-state index in [1.165, 1.54) is 6.42 Å². The molecule has 1 aliphatic rings. The maximum absolute atomic E-state index is 9.47. The molecule has 0 spiro atoms. The fourth-order valence-corrected chi connectivity index (χ4v) is 2.30. The Morgan fingerprint density at radius 1 is 1.30 bits per heavy atom. The van der Waals surface area contributed by atoms with Crippen molar-refractivity contribution in [1.29, 1.82) is 0 Å². The summed E-state index contributed by atoms with van der Waals surface area (Å²) in [5.74, 6) is 6.92. The fourth-order valence-electron chi connectivity index (χ4n) is 2.30. The Bertz CT molecular complexity index is 434. The van der Waals surface area contributed by atoms with E-state index in [1.807, 2.05) is 7.05 Å². The number of nitrogens with one attached hydrogen (secondary N) is 1. The summed E-state index contributed by atoms with van der Waals surface area (Å²) in [7, 11) is 1.84. The van der Waals surface area contributed by atoms with Crippen molar-refractivity contribution in [2.75, 3.05) is 41.9 Å². The monoisotopic (exact) mass is 281 g/mol. The van der Waals surface area contributed by atoms with Gasteiger partial charge in [-0.3, -0.25) is 5.43 Å². The maximum atomic E-state index is 9.47. The smallest absolute Gasteiger partial charge is 0.243 e. The zero-order chi connectivity index (χ0) is 14.5. The van der Waals surface area contributed by atoms with Crippen molar-refractivity contribution in [3.8, 4) is 0 Å². The van der Waals surface area contributed by atoms with Gasteiger partial charge < -0.3 is 14.9 Å². The number of nitrogen functional groups attached to an aromatic ring is 1. The molecule has 2 heterocycles. The Kier molecular flexibility index (Phi) is 4.91. The van der Waals surface area contributed by atoms with Gasteiger partial charge in [0, 0.05) is 26.7 Å². The van der Waals surface area contributed by atoms with Crippen molar-refractivity contribution in [3.63, 3.8) is 0 Å². The van der Waals surface area contributed by atoms with Gasteiger partial charge in [-0.05, 0) is 26.2 Å². The number of hydrogen-bond donors (Lipinski definition) is 3. The molecule has 1 aromatic heterocycles. The number of rotatable bonds is 5. The molecular formula is C12H23N7O. The summed E-state index contributed by atoms with van der Waals surface area (Å²) in [6, 6.07) is 0. The van der Waals surface area contributed by atoms with Gasteiger partial charge in [0.2, 0.25) is 17.8 Å². The number of anilines is 3. The van der Waals surface area contributed by atoms with E-state index < -0.39 is 6.10 Å². The number of aliphatic hydroxyl groups excluding tert-OH is 1. The number of aliphatic hydroxyl groups is 1. The van der Waals surface area contributed by atoms with E-state index in [1.54, 1.807) is 11.8 Å². The van der Waals surface area contributed by atoms with Gasteiger partial charge in [-0.1, -0.05) is 0 Å². The number of hydrogen-bond acceptors (Lipinski definition) is 8. The van der Waals surface area contributed by atoms with Crippen molar-refractivity contribution in [3.05, 3.63) is 0 Å². The average Bonchev–Trinajstić information content (AvgIpc) is 2.47. The van der Waals surface area contributed by atoms with E-state index in [2.05, 4.69) is 25.3 Å². The molecule has 8 heteroatoms. The number of aromatic nitrogens is 3. The normalized spacial score (nSPS) is 16.9. The SMILES string of the molecule is CC(O)CN(C)c1nc(NN)nc(N2CCCCC2)n1. The first-order chi connectivity index (χ1) is 9.60. The highest BCUT2D eigenvalue weighted by Gasteiger charge is 2.17. The number of nitrogens with zero attached hydrogens (tertiary/aromatic N) is 5. The van der Waals surface area contributed by atoms with E-state index in [9.17, 15) is 5.11 Å². The third-order valence-corrected chi connectivity index (χ3v) is 3.26. The summed E-state index contributed by atoms with van der Waals surface area (Å²) < 4.78 is 0. The molecule has 0 aromatic carbocycles. The minimum absolute atomic E-state index is 0.341. The van der Waals surface area contributed by atoms with Crippen LogP contribution in [0.3, 0.4) is 0 Å². The average molecular weight is 281 g/mol. The van der Waals surface area contributed by atoms with Crippen molar-refractivity contribution >= 4 is 17.8 Å². The third kappa shape index (κ3) is 3.67. The molecule has 112 valence electrons. The van der Waals surface area contributed by atoms with Crippen LogP contribution in [0.2, 0.25) is 0 Å². The first kappa shape index (κ1) is 14.7. The van der Waals surface area contributed by atoms with Gasteiger partial charge in [-0.15, -0.1) is 0 Å². The molecule has 20 heavy (non-hydrogen) atoms. The predicted octanol–water partition coefficient (Wildman–Crippen LogP) is -0.0355. The number of likely N-dealkylation sites (N-methyl/N-ethyl adjacent to an activating group) is 1. The number of nitrogens with two attached hydrogens (primary N) is 1. The minimum atomic E-state index is -0.454. The Hall–Kier alpha value is -1.67. The van der Waals surface area contributed by atoms with Crippen molar-refractivity contribution in [2.24, 2.45) is 5.84 Å². The highest BCUT2D eigenvalue weighted by molar-refractivity contribution is 5.44. The molecule has 0 aliphatic carbocycles. The van der Waals surface area contributed by atoms with Crippen LogP contribution in [0.5, 0.6) is 0 Å². The predicted molar refractivity (Wildman–Crippen MR) is 78.7 cm³/mol. The first-order valence-corrected chi connectivity index (χ1v) is 6.97. The molecule has 1 saturated heterocycles. The van der Waals surface area contributed by atoms with Crippen LogP contribution in [0.25, 0.3) is 0 Å². The van der Waals surface area contributed by atoms with Gasteiger partial charge in [0.1, 0.15) is 0 Å². The van der Waals surface area contributed by atoms with E-state index >= 15 is 0 Å². The summed E-state index contributed by atoms with van der Waals surface area (Å²) in [6.07, 6.45) is 3.09. The van der Waals surface area contributed by atoms with Crippen molar-refractivity contribution < 1.29 is 5.11 Å². The Morgan fingerprint density at radius 2 is 2.00 bits per heavy atom. The summed E-state index contributed by atoms with van der Waals surface area (Å²) in [6.45, 7) is 4.08. The van der Waals surface area contributed by atoms with Crippen molar-refractivity contribution in [2.45, 2.75) is 32.3 Å². The van der Waals surface area contributed by atoms with Crippen LogP contribution in [0.15, 0.2) is 0 Å². The van der Waals surface area contributed by atoms with Gasteiger partial charge in [-0.25, -0.2) is 5.84 Å². The van der Waals surface area contributed by atoms with Crippen LogP contribution in [-0.2, 0) is 0 Å². The maximum Gasteiger partial charge on any atom is 0.243 e. The molecule has 1 atom stereocenters. The molecule has 1 unspecified atom stereocenters. The summed E-state index contributed by atoms with van der Waals surface area (Å²) in [5, 5.41) is 9.47. The van der Waals surface area contributed by atoms with Crippen LogP contribution in [-0.4, -0.2) is 52.8 Å². The lowest BCUT2D eigenvalue weighted by molar-refractivity contribution is 0.201. The highest BCUT2D eigenvalue weighted by atomic mass is 16.3. The second-order valence-corrected chi connectivity index (χ2v) is 5.18. The van der Waals surface area contributed by atoms with Gasteiger partial charge in [0.25, 0.3) is 0 Å². The standard InChI is InChI=1S/C12H23N7O/c1-9(20)8-18(2)11-14-10(17-13)15-12(16-11)19-6-4-3-5-7-19/h9,20H,3-8,13H2,1-2H3,(H,14,15,16,17). The molecule has 2 rings (SSSR count). The van der Waals surface area contributed by atoms with Crippen LogP contribution >= 0.6 is 0 Å². The van der Waals surface area contributed by atoms with Gasteiger partial charge >= 0.3 is 0 Å². The second-order valence-electron chi connectivity index (χ2n) is 5.18. The molecule has 1 aromatic rings. The lowest BCUT2D eigenvalue weighted by Crippen LogP contribution is -2.33. The number of hydrazine groups is 1. The molecule has 0 bridgehead atoms. The van der Waals surface area contributed by atoms with E-state index in [4.69, 9.17) is 5.84 Å². The Labute approximate surface area is 119 Å². The molecule has 1 aliphatic heterocycles. The summed E-state index contributed by atoms with van der Waals surface area (Å²) >= 11 is 0. The quantitative estimate of drug-likeness (QED) is 0.510. The van der Waals surface area contributed by atoms with Crippen LogP contribution in [0, 0.1) is 0 Å². The Morgan fingerprint density at radius 3 is 2.60 bits per heavy atom. The molecule has 0 saturated carbocycles. The summed E-state index contributed by atoms with van der Waals surface area (Å²) in [4.78, 5) is 17.0.